The second kappa shape index (κ2) is 8.72. The highest BCUT2D eigenvalue weighted by Crippen LogP contribution is 2.36. The van der Waals surface area contributed by atoms with Gasteiger partial charge in [0.2, 0.25) is 20.9 Å². The summed E-state index contributed by atoms with van der Waals surface area (Å²) in [6.07, 6.45) is 5.87. The predicted molar refractivity (Wildman–Crippen MR) is 114 cm³/mol. The van der Waals surface area contributed by atoms with E-state index in [1.54, 1.807) is 4.90 Å². The van der Waals surface area contributed by atoms with Crippen molar-refractivity contribution in [2.45, 2.75) is 75.8 Å². The fraction of sp³-hybridized carbons (Fsp3) is 0.737. The number of hydrogen-bond donors (Lipinski definition) is 0. The first-order valence-electron chi connectivity index (χ1n) is 10.2. The molecule has 0 unspecified atom stereocenters. The van der Waals surface area contributed by atoms with Gasteiger partial charge in [-0.15, -0.1) is 11.6 Å². The monoisotopic (exact) mass is 457 g/mol. The van der Waals surface area contributed by atoms with Crippen molar-refractivity contribution in [2.24, 2.45) is 0 Å². The average molecular weight is 458 g/mol. The Balaban J connectivity index is 1.66. The molecule has 0 aromatic carbocycles. The van der Waals surface area contributed by atoms with Crippen LogP contribution in [0.15, 0.2) is 17.6 Å². The lowest BCUT2D eigenvalue weighted by atomic mass is 9.81. The number of sulfone groups is 1. The fourth-order valence-corrected chi connectivity index (χ4v) is 5.02. The first-order chi connectivity index (χ1) is 14.0. The van der Waals surface area contributed by atoms with E-state index < -0.39 is 28.2 Å². The van der Waals surface area contributed by atoms with Gasteiger partial charge in [-0.3, -0.25) is 4.79 Å². The Hall–Kier alpha value is -1.23. The SMILES string of the molecule is CC1(C)OB(c2cnc(S(=O)(=O)CC[C@@H]3CCCCN3C(=O)CCl)nc2)OC1(C)C. The average Bonchev–Trinajstić information content (AvgIpc) is 2.93. The van der Waals surface area contributed by atoms with E-state index in [1.807, 2.05) is 27.7 Å². The fourth-order valence-electron chi connectivity index (χ4n) is 3.68. The standard InChI is InChI=1S/C19H29BClN3O5S/c1-18(2)19(3,4)29-20(28-18)14-12-22-17(23-13-14)30(26,27)10-8-15-7-5-6-9-24(15)16(25)11-21/h12-13,15H,5-11H2,1-4H3/t15-/m0/s1. The normalized spacial score (nSPS) is 23.6. The molecule has 0 spiro atoms. The van der Waals surface area contributed by atoms with Crippen LogP contribution in [-0.2, 0) is 23.9 Å². The summed E-state index contributed by atoms with van der Waals surface area (Å²) < 4.78 is 37.4. The third-order valence-electron chi connectivity index (χ3n) is 6.23. The number of amides is 1. The molecule has 1 amide bonds. The van der Waals surface area contributed by atoms with E-state index >= 15 is 0 Å². The van der Waals surface area contributed by atoms with Crippen LogP contribution >= 0.6 is 11.6 Å². The number of halogens is 1. The van der Waals surface area contributed by atoms with Crippen molar-refractivity contribution in [2.75, 3.05) is 18.2 Å². The maximum atomic E-state index is 12.7. The molecular weight excluding hydrogens is 429 g/mol. The highest BCUT2D eigenvalue weighted by molar-refractivity contribution is 7.91. The van der Waals surface area contributed by atoms with Crippen molar-refractivity contribution in [3.8, 4) is 0 Å². The number of rotatable bonds is 6. The molecule has 1 atom stereocenters. The number of hydrogen-bond acceptors (Lipinski definition) is 7. The predicted octanol–water partition coefficient (Wildman–Crippen LogP) is 1.56. The Kier molecular flexibility index (Phi) is 6.82. The van der Waals surface area contributed by atoms with Crippen molar-refractivity contribution in [1.82, 2.24) is 14.9 Å². The van der Waals surface area contributed by atoms with E-state index in [0.717, 1.165) is 19.3 Å². The molecular formula is C19H29BClN3O5S. The number of piperidine rings is 1. The molecule has 8 nitrogen and oxygen atoms in total. The van der Waals surface area contributed by atoms with Crippen molar-refractivity contribution in [3.05, 3.63) is 12.4 Å². The second-order valence-electron chi connectivity index (χ2n) is 8.87. The summed E-state index contributed by atoms with van der Waals surface area (Å²) in [5.41, 5.74) is -0.442. The van der Waals surface area contributed by atoms with Gasteiger partial charge in [0, 0.05) is 30.4 Å². The molecule has 0 N–H and O–H groups in total. The smallest absolute Gasteiger partial charge is 0.399 e. The number of carbonyl (C=O) groups excluding carboxylic acids is 1. The van der Waals surface area contributed by atoms with Crippen LogP contribution in [0.1, 0.15) is 53.4 Å². The van der Waals surface area contributed by atoms with Crippen LogP contribution in [0.5, 0.6) is 0 Å². The first kappa shape index (κ1) is 23.4. The van der Waals surface area contributed by atoms with E-state index in [0.29, 0.717) is 18.4 Å². The number of aromatic nitrogens is 2. The van der Waals surface area contributed by atoms with Crippen LogP contribution in [0.4, 0.5) is 0 Å². The topological polar surface area (TPSA) is 98.7 Å². The first-order valence-corrected chi connectivity index (χ1v) is 12.4. The summed E-state index contributed by atoms with van der Waals surface area (Å²) in [5, 5.41) is -0.228. The van der Waals surface area contributed by atoms with Gasteiger partial charge in [-0.25, -0.2) is 18.4 Å². The van der Waals surface area contributed by atoms with Gasteiger partial charge in [0.05, 0.1) is 17.0 Å². The van der Waals surface area contributed by atoms with Crippen LogP contribution in [0.25, 0.3) is 0 Å². The minimum absolute atomic E-state index is 0.0905. The van der Waals surface area contributed by atoms with Gasteiger partial charge in [0.1, 0.15) is 5.88 Å². The number of carbonyl (C=O) groups is 1. The van der Waals surface area contributed by atoms with Gasteiger partial charge in [0.15, 0.2) is 0 Å². The lowest BCUT2D eigenvalue weighted by Gasteiger charge is -2.35. The van der Waals surface area contributed by atoms with Crippen LogP contribution in [0.2, 0.25) is 0 Å². The molecule has 0 radical (unpaired) electrons. The van der Waals surface area contributed by atoms with E-state index in [4.69, 9.17) is 20.9 Å². The largest absolute Gasteiger partial charge is 0.498 e. The number of nitrogens with zero attached hydrogens (tertiary/aromatic N) is 3. The molecule has 2 aliphatic rings. The number of likely N-dealkylation sites (tertiary alicyclic amines) is 1. The second-order valence-corrected chi connectivity index (χ2v) is 11.1. The number of alkyl halides is 1. The van der Waals surface area contributed by atoms with Gasteiger partial charge < -0.3 is 14.2 Å². The van der Waals surface area contributed by atoms with Crippen LogP contribution in [0, 0.1) is 0 Å². The molecule has 3 rings (SSSR count). The molecule has 3 heterocycles. The Labute approximate surface area is 183 Å². The lowest BCUT2D eigenvalue weighted by Crippen LogP contribution is -2.45. The van der Waals surface area contributed by atoms with E-state index in [2.05, 4.69) is 9.97 Å². The quantitative estimate of drug-likeness (QED) is 0.363. The summed E-state index contributed by atoms with van der Waals surface area (Å²) >= 11 is 5.69. The summed E-state index contributed by atoms with van der Waals surface area (Å²) in [4.78, 5) is 21.9. The molecule has 2 saturated heterocycles. The third-order valence-corrected chi connectivity index (χ3v) is 8.00. The van der Waals surface area contributed by atoms with Crippen LogP contribution in [0.3, 0.4) is 0 Å². The molecule has 2 fully saturated rings. The zero-order valence-electron chi connectivity index (χ0n) is 17.9. The highest BCUT2D eigenvalue weighted by Gasteiger charge is 2.52. The molecule has 30 heavy (non-hydrogen) atoms. The molecule has 2 aliphatic heterocycles. The molecule has 0 saturated carbocycles. The minimum Gasteiger partial charge on any atom is -0.399 e. The van der Waals surface area contributed by atoms with Gasteiger partial charge >= 0.3 is 7.12 Å². The van der Waals surface area contributed by atoms with E-state index in [1.165, 1.54) is 12.4 Å². The molecule has 1 aromatic heterocycles. The summed E-state index contributed by atoms with van der Waals surface area (Å²) in [6.45, 7) is 8.38. The third kappa shape index (κ3) is 4.82. The highest BCUT2D eigenvalue weighted by atomic mass is 35.5. The molecule has 166 valence electrons. The molecule has 0 bridgehead atoms. The maximum Gasteiger partial charge on any atom is 0.498 e. The zero-order chi connectivity index (χ0) is 22.2. The molecule has 11 heteroatoms. The van der Waals surface area contributed by atoms with E-state index in [-0.39, 0.29) is 28.7 Å². The summed E-state index contributed by atoms with van der Waals surface area (Å²) in [7, 11) is -4.33. The van der Waals surface area contributed by atoms with Crippen molar-refractivity contribution >= 4 is 39.9 Å². The maximum absolute atomic E-state index is 12.7. The van der Waals surface area contributed by atoms with Gasteiger partial charge in [0.25, 0.3) is 0 Å². The minimum atomic E-state index is -3.68. The van der Waals surface area contributed by atoms with Gasteiger partial charge in [-0.1, -0.05) is 0 Å². The van der Waals surface area contributed by atoms with Gasteiger partial charge in [-0.2, -0.15) is 0 Å². The van der Waals surface area contributed by atoms with Crippen molar-refractivity contribution < 1.29 is 22.5 Å². The summed E-state index contributed by atoms with van der Waals surface area (Å²) in [5.74, 6) is -0.367. The Morgan fingerprint density at radius 3 is 2.37 bits per heavy atom. The Morgan fingerprint density at radius 1 is 1.20 bits per heavy atom. The lowest BCUT2D eigenvalue weighted by molar-refractivity contribution is -0.132. The van der Waals surface area contributed by atoms with Crippen LogP contribution in [-0.4, -0.2) is 71.7 Å². The van der Waals surface area contributed by atoms with Gasteiger partial charge in [-0.05, 0) is 53.4 Å². The summed E-state index contributed by atoms with van der Waals surface area (Å²) in [6, 6.07) is -0.121. The zero-order valence-corrected chi connectivity index (χ0v) is 19.5. The van der Waals surface area contributed by atoms with Crippen LogP contribution < -0.4 is 5.46 Å². The molecule has 1 aromatic rings. The van der Waals surface area contributed by atoms with Crippen molar-refractivity contribution in [3.63, 3.8) is 0 Å². The Morgan fingerprint density at radius 2 is 1.80 bits per heavy atom. The molecule has 0 aliphatic carbocycles. The van der Waals surface area contributed by atoms with E-state index in [9.17, 15) is 13.2 Å². The Bertz CT molecular complexity index is 863. The van der Waals surface area contributed by atoms with Crippen molar-refractivity contribution in [1.29, 1.82) is 0 Å².